The average Bonchev–Trinajstić information content (AvgIpc) is 2.58. The highest BCUT2D eigenvalue weighted by molar-refractivity contribution is 5.81. The first kappa shape index (κ1) is 18.1. The molecule has 3 heteroatoms. The maximum Gasteiger partial charge on any atom is 0.261 e. The molecule has 0 heterocycles. The lowest BCUT2D eigenvalue weighted by molar-refractivity contribution is -0.128. The minimum atomic E-state index is -0.453. The van der Waals surface area contributed by atoms with Gasteiger partial charge in [-0.05, 0) is 56.4 Å². The Morgan fingerprint density at radius 2 is 1.88 bits per heavy atom. The minimum Gasteiger partial charge on any atom is -0.481 e. The van der Waals surface area contributed by atoms with Crippen molar-refractivity contribution in [3.63, 3.8) is 0 Å². The molecule has 0 radical (unpaired) electrons. The fourth-order valence-electron chi connectivity index (χ4n) is 2.61. The fourth-order valence-corrected chi connectivity index (χ4v) is 2.61. The van der Waals surface area contributed by atoms with Crippen LogP contribution < -0.4 is 10.1 Å². The molecule has 24 heavy (non-hydrogen) atoms. The van der Waals surface area contributed by atoms with Crippen LogP contribution in [0.5, 0.6) is 5.75 Å². The Kier molecular flexibility index (Phi) is 6.86. The summed E-state index contributed by atoms with van der Waals surface area (Å²) in [6.45, 7) is 6.02. The van der Waals surface area contributed by atoms with E-state index in [1.54, 1.807) is 0 Å². The first-order valence-electron chi connectivity index (χ1n) is 8.66. The maximum atomic E-state index is 12.4. The monoisotopic (exact) mass is 325 g/mol. The van der Waals surface area contributed by atoms with Gasteiger partial charge in [-0.1, -0.05) is 49.4 Å². The van der Waals surface area contributed by atoms with Crippen molar-refractivity contribution in [2.45, 2.75) is 52.2 Å². The van der Waals surface area contributed by atoms with E-state index in [0.29, 0.717) is 6.42 Å². The summed E-state index contributed by atoms with van der Waals surface area (Å²) in [6.07, 6.45) is 2.06. The van der Waals surface area contributed by atoms with Gasteiger partial charge in [0.25, 0.3) is 5.91 Å². The minimum absolute atomic E-state index is 0.0421. The van der Waals surface area contributed by atoms with Crippen LogP contribution in [0.2, 0.25) is 0 Å². The highest BCUT2D eigenvalue weighted by Gasteiger charge is 2.20. The zero-order chi connectivity index (χ0) is 17.4. The second-order valence-corrected chi connectivity index (χ2v) is 6.27. The molecule has 128 valence electrons. The summed E-state index contributed by atoms with van der Waals surface area (Å²) in [4.78, 5) is 12.4. The number of amides is 1. The molecule has 2 aromatic rings. The van der Waals surface area contributed by atoms with Crippen LogP contribution in [0, 0.1) is 6.92 Å². The van der Waals surface area contributed by atoms with Gasteiger partial charge in [0.2, 0.25) is 0 Å². The van der Waals surface area contributed by atoms with E-state index in [-0.39, 0.29) is 11.9 Å². The Balaban J connectivity index is 1.84. The standard InChI is InChI=1S/C21H27NO2/c1-4-20(24-19-12-8-9-16(2)15-19)21(23)22-17(3)13-14-18-10-6-5-7-11-18/h5-12,15,17,20H,4,13-14H2,1-3H3,(H,22,23). The average molecular weight is 325 g/mol. The van der Waals surface area contributed by atoms with Crippen LogP contribution in [0.4, 0.5) is 0 Å². The number of hydrogen-bond acceptors (Lipinski definition) is 2. The number of nitrogens with one attached hydrogen (secondary N) is 1. The fraction of sp³-hybridized carbons (Fsp3) is 0.381. The van der Waals surface area contributed by atoms with E-state index in [2.05, 4.69) is 17.4 Å². The number of aryl methyl sites for hydroxylation is 2. The van der Waals surface area contributed by atoms with E-state index >= 15 is 0 Å². The molecule has 1 N–H and O–H groups in total. The van der Waals surface area contributed by atoms with Crippen LogP contribution >= 0.6 is 0 Å². The second kappa shape index (κ2) is 9.11. The quantitative estimate of drug-likeness (QED) is 0.786. The molecule has 0 spiro atoms. The summed E-state index contributed by atoms with van der Waals surface area (Å²) >= 11 is 0. The highest BCUT2D eigenvalue weighted by Crippen LogP contribution is 2.15. The van der Waals surface area contributed by atoms with Gasteiger partial charge in [-0.25, -0.2) is 0 Å². The molecule has 2 rings (SSSR count). The SMILES string of the molecule is CCC(Oc1cccc(C)c1)C(=O)NC(C)CCc1ccccc1. The zero-order valence-electron chi connectivity index (χ0n) is 14.8. The highest BCUT2D eigenvalue weighted by atomic mass is 16.5. The Hall–Kier alpha value is -2.29. The van der Waals surface area contributed by atoms with Crippen LogP contribution in [0.25, 0.3) is 0 Å². The van der Waals surface area contributed by atoms with Gasteiger partial charge in [0.15, 0.2) is 6.10 Å². The molecule has 0 aromatic heterocycles. The van der Waals surface area contributed by atoms with Crippen LogP contribution in [-0.2, 0) is 11.2 Å². The summed E-state index contributed by atoms with van der Waals surface area (Å²) < 4.78 is 5.86. The molecule has 0 fully saturated rings. The number of carbonyl (C=O) groups is 1. The van der Waals surface area contributed by atoms with Crippen LogP contribution in [-0.4, -0.2) is 18.1 Å². The Morgan fingerprint density at radius 1 is 1.12 bits per heavy atom. The van der Waals surface area contributed by atoms with E-state index < -0.39 is 6.10 Å². The maximum absolute atomic E-state index is 12.4. The molecule has 0 aliphatic carbocycles. The third kappa shape index (κ3) is 5.73. The lowest BCUT2D eigenvalue weighted by atomic mass is 10.1. The zero-order valence-corrected chi connectivity index (χ0v) is 14.8. The van der Waals surface area contributed by atoms with Crippen molar-refractivity contribution in [3.05, 3.63) is 65.7 Å². The first-order chi connectivity index (χ1) is 11.6. The molecule has 0 aliphatic rings. The largest absolute Gasteiger partial charge is 0.481 e. The number of hydrogen-bond donors (Lipinski definition) is 1. The molecule has 2 aromatic carbocycles. The molecule has 1 amide bonds. The number of carbonyl (C=O) groups excluding carboxylic acids is 1. The molecule has 0 saturated heterocycles. The van der Waals surface area contributed by atoms with E-state index in [1.807, 2.05) is 63.2 Å². The van der Waals surface area contributed by atoms with Crippen molar-refractivity contribution in [2.75, 3.05) is 0 Å². The van der Waals surface area contributed by atoms with Crippen LogP contribution in [0.15, 0.2) is 54.6 Å². The van der Waals surface area contributed by atoms with Crippen molar-refractivity contribution in [1.82, 2.24) is 5.32 Å². The Morgan fingerprint density at radius 3 is 2.54 bits per heavy atom. The molecule has 2 unspecified atom stereocenters. The Labute approximate surface area is 145 Å². The number of ether oxygens (including phenoxy) is 1. The predicted octanol–water partition coefficient (Wildman–Crippen LogP) is 4.29. The van der Waals surface area contributed by atoms with E-state index in [4.69, 9.17) is 4.74 Å². The lowest BCUT2D eigenvalue weighted by Crippen LogP contribution is -2.42. The normalized spacial score (nSPS) is 13.1. The topological polar surface area (TPSA) is 38.3 Å². The van der Waals surface area contributed by atoms with Crippen LogP contribution in [0.1, 0.15) is 37.8 Å². The lowest BCUT2D eigenvalue weighted by Gasteiger charge is -2.20. The number of rotatable bonds is 8. The molecule has 0 bridgehead atoms. The van der Waals surface area contributed by atoms with Crippen molar-refractivity contribution >= 4 is 5.91 Å². The summed E-state index contributed by atoms with van der Waals surface area (Å²) in [7, 11) is 0. The Bertz CT molecular complexity index is 639. The van der Waals surface area contributed by atoms with Gasteiger partial charge in [-0.15, -0.1) is 0 Å². The summed E-state index contributed by atoms with van der Waals surface area (Å²) in [5, 5.41) is 3.07. The first-order valence-corrected chi connectivity index (χ1v) is 8.66. The van der Waals surface area contributed by atoms with Crippen LogP contribution in [0.3, 0.4) is 0 Å². The van der Waals surface area contributed by atoms with Gasteiger partial charge < -0.3 is 10.1 Å². The van der Waals surface area contributed by atoms with E-state index in [0.717, 1.165) is 24.2 Å². The van der Waals surface area contributed by atoms with Gasteiger partial charge in [0.1, 0.15) is 5.75 Å². The molecule has 2 atom stereocenters. The molecule has 0 aliphatic heterocycles. The molecular formula is C21H27NO2. The van der Waals surface area contributed by atoms with Gasteiger partial charge in [-0.2, -0.15) is 0 Å². The third-order valence-electron chi connectivity index (χ3n) is 4.03. The molecule has 3 nitrogen and oxygen atoms in total. The van der Waals surface area contributed by atoms with E-state index in [9.17, 15) is 4.79 Å². The second-order valence-electron chi connectivity index (χ2n) is 6.27. The van der Waals surface area contributed by atoms with Gasteiger partial charge in [0, 0.05) is 6.04 Å². The van der Waals surface area contributed by atoms with Crippen molar-refractivity contribution in [3.8, 4) is 5.75 Å². The third-order valence-corrected chi connectivity index (χ3v) is 4.03. The smallest absolute Gasteiger partial charge is 0.261 e. The van der Waals surface area contributed by atoms with Gasteiger partial charge in [-0.3, -0.25) is 4.79 Å². The number of benzene rings is 2. The predicted molar refractivity (Wildman–Crippen MR) is 98.3 cm³/mol. The van der Waals surface area contributed by atoms with Gasteiger partial charge in [0.05, 0.1) is 0 Å². The van der Waals surface area contributed by atoms with E-state index in [1.165, 1.54) is 5.56 Å². The summed E-state index contributed by atoms with van der Waals surface area (Å²) in [6, 6.07) is 18.3. The summed E-state index contributed by atoms with van der Waals surface area (Å²) in [5.41, 5.74) is 2.42. The summed E-state index contributed by atoms with van der Waals surface area (Å²) in [5.74, 6) is 0.702. The van der Waals surface area contributed by atoms with Crippen molar-refractivity contribution in [2.24, 2.45) is 0 Å². The van der Waals surface area contributed by atoms with Crippen molar-refractivity contribution in [1.29, 1.82) is 0 Å². The molecular weight excluding hydrogens is 298 g/mol. The van der Waals surface area contributed by atoms with Crippen molar-refractivity contribution < 1.29 is 9.53 Å². The van der Waals surface area contributed by atoms with Gasteiger partial charge >= 0.3 is 0 Å². The molecule has 0 saturated carbocycles.